The molecular weight excluding hydrogens is 200 g/mol. The Morgan fingerprint density at radius 2 is 2.00 bits per heavy atom. The highest BCUT2D eigenvalue weighted by molar-refractivity contribution is 7.89. The third-order valence-corrected chi connectivity index (χ3v) is 4.24. The van der Waals surface area contributed by atoms with E-state index in [2.05, 4.69) is 9.62 Å². The third kappa shape index (κ3) is 3.22. The Balaban J connectivity index is 1.64. The predicted molar refractivity (Wildman–Crippen MR) is 55.6 cm³/mol. The zero-order valence-electron chi connectivity index (χ0n) is 8.41. The normalized spacial score (nSPS) is 23.4. The van der Waals surface area contributed by atoms with Crippen LogP contribution in [0.2, 0.25) is 0 Å². The second-order valence-electron chi connectivity index (χ2n) is 4.31. The number of nitrogens with one attached hydrogen (secondary N) is 1. The van der Waals surface area contributed by atoms with E-state index in [1.165, 1.54) is 19.3 Å². The van der Waals surface area contributed by atoms with Gasteiger partial charge in [0.1, 0.15) is 0 Å². The Labute approximate surface area is 85.7 Å². The molecule has 0 unspecified atom stereocenters. The molecule has 4 nitrogen and oxygen atoms in total. The second kappa shape index (κ2) is 4.16. The average molecular weight is 218 g/mol. The number of rotatable bonds is 6. The van der Waals surface area contributed by atoms with Gasteiger partial charge < -0.3 is 4.90 Å². The molecule has 0 aromatic rings. The van der Waals surface area contributed by atoms with E-state index < -0.39 is 10.0 Å². The minimum absolute atomic E-state index is 0.264. The van der Waals surface area contributed by atoms with Gasteiger partial charge in [0.05, 0.1) is 5.75 Å². The molecule has 0 amide bonds. The molecule has 0 spiro atoms. The van der Waals surface area contributed by atoms with Gasteiger partial charge in [-0.15, -0.1) is 0 Å². The molecule has 0 radical (unpaired) electrons. The van der Waals surface area contributed by atoms with E-state index in [1.807, 2.05) is 0 Å². The highest BCUT2D eigenvalue weighted by atomic mass is 32.2. The van der Waals surface area contributed by atoms with Gasteiger partial charge in [-0.05, 0) is 38.3 Å². The predicted octanol–water partition coefficient (Wildman–Crippen LogP) is 0.0215. The lowest BCUT2D eigenvalue weighted by atomic mass is 10.2. The number of hydrogen-bond donors (Lipinski definition) is 1. The van der Waals surface area contributed by atoms with Crippen molar-refractivity contribution in [2.24, 2.45) is 5.92 Å². The largest absolute Gasteiger partial charge is 0.302 e. The lowest BCUT2D eigenvalue weighted by Crippen LogP contribution is -2.42. The van der Waals surface area contributed by atoms with Crippen molar-refractivity contribution >= 4 is 10.0 Å². The van der Waals surface area contributed by atoms with Crippen LogP contribution in [0.3, 0.4) is 0 Å². The summed E-state index contributed by atoms with van der Waals surface area (Å²) in [5.74, 6) is 0.883. The summed E-state index contributed by atoms with van der Waals surface area (Å²) in [6, 6.07) is 0. The third-order valence-electron chi connectivity index (χ3n) is 2.91. The number of sulfonamides is 1. The van der Waals surface area contributed by atoms with Crippen LogP contribution in [0, 0.1) is 5.92 Å². The minimum atomic E-state index is -3.00. The summed E-state index contributed by atoms with van der Waals surface area (Å²) in [6.07, 6.45) is 3.60. The summed E-state index contributed by atoms with van der Waals surface area (Å²) < 4.78 is 25.6. The van der Waals surface area contributed by atoms with Gasteiger partial charge in [-0.25, -0.2) is 13.1 Å². The average Bonchev–Trinajstić information content (AvgIpc) is 2.80. The van der Waals surface area contributed by atoms with Gasteiger partial charge in [-0.1, -0.05) is 0 Å². The Kier molecular flexibility index (Phi) is 3.09. The van der Waals surface area contributed by atoms with Crippen LogP contribution in [0.4, 0.5) is 0 Å². The van der Waals surface area contributed by atoms with E-state index in [4.69, 9.17) is 0 Å². The van der Waals surface area contributed by atoms with Crippen molar-refractivity contribution in [3.8, 4) is 0 Å². The zero-order valence-corrected chi connectivity index (χ0v) is 9.22. The van der Waals surface area contributed by atoms with Crippen LogP contribution in [0.25, 0.3) is 0 Å². The maximum atomic E-state index is 11.5. The first-order chi connectivity index (χ1) is 6.66. The van der Waals surface area contributed by atoms with Gasteiger partial charge in [-0.3, -0.25) is 0 Å². The highest BCUT2D eigenvalue weighted by Gasteiger charge is 2.24. The van der Waals surface area contributed by atoms with E-state index in [0.717, 1.165) is 13.1 Å². The molecule has 2 rings (SSSR count). The van der Waals surface area contributed by atoms with Gasteiger partial charge in [0.2, 0.25) is 10.0 Å². The van der Waals surface area contributed by atoms with Gasteiger partial charge in [0, 0.05) is 13.1 Å². The molecule has 2 aliphatic rings. The van der Waals surface area contributed by atoms with Crippen molar-refractivity contribution < 1.29 is 8.42 Å². The van der Waals surface area contributed by atoms with E-state index >= 15 is 0 Å². The molecule has 0 bridgehead atoms. The van der Waals surface area contributed by atoms with Crippen LogP contribution in [-0.4, -0.2) is 45.2 Å². The standard InChI is InChI=1S/C9H18N2O2S/c12-14(13,10-8-9-2-3-9)7-6-11-4-1-5-11/h9-10H,1-8H2. The van der Waals surface area contributed by atoms with Crippen LogP contribution in [0.5, 0.6) is 0 Å². The van der Waals surface area contributed by atoms with E-state index in [9.17, 15) is 8.42 Å². The molecule has 0 aromatic carbocycles. The van der Waals surface area contributed by atoms with Gasteiger partial charge in [0.25, 0.3) is 0 Å². The Morgan fingerprint density at radius 3 is 2.50 bits per heavy atom. The molecule has 82 valence electrons. The summed E-state index contributed by atoms with van der Waals surface area (Å²) in [5, 5.41) is 0. The SMILES string of the molecule is O=S(=O)(CCN1CCC1)NCC1CC1. The van der Waals surface area contributed by atoms with Crippen molar-refractivity contribution in [1.29, 1.82) is 0 Å². The molecule has 14 heavy (non-hydrogen) atoms. The van der Waals surface area contributed by atoms with Crippen LogP contribution in [0.15, 0.2) is 0 Å². The lowest BCUT2D eigenvalue weighted by molar-refractivity contribution is 0.193. The van der Waals surface area contributed by atoms with E-state index in [-0.39, 0.29) is 5.75 Å². The quantitative estimate of drug-likeness (QED) is 0.684. The van der Waals surface area contributed by atoms with Crippen LogP contribution < -0.4 is 4.72 Å². The topological polar surface area (TPSA) is 49.4 Å². The number of nitrogens with zero attached hydrogens (tertiary/aromatic N) is 1. The second-order valence-corrected chi connectivity index (χ2v) is 6.23. The fourth-order valence-electron chi connectivity index (χ4n) is 1.49. The molecule has 0 atom stereocenters. The highest BCUT2D eigenvalue weighted by Crippen LogP contribution is 2.27. The summed E-state index contributed by atoms with van der Waals surface area (Å²) >= 11 is 0. The molecule has 1 aliphatic heterocycles. The van der Waals surface area contributed by atoms with Crippen molar-refractivity contribution in [2.45, 2.75) is 19.3 Å². The number of hydrogen-bond acceptors (Lipinski definition) is 3. The fraction of sp³-hybridized carbons (Fsp3) is 1.00. The summed E-state index contributed by atoms with van der Waals surface area (Å²) in [4.78, 5) is 2.18. The van der Waals surface area contributed by atoms with Crippen molar-refractivity contribution in [1.82, 2.24) is 9.62 Å². The zero-order chi connectivity index (χ0) is 10.0. The van der Waals surface area contributed by atoms with Crippen LogP contribution in [-0.2, 0) is 10.0 Å². The Hall–Kier alpha value is -0.130. The molecule has 2 fully saturated rings. The smallest absolute Gasteiger partial charge is 0.212 e. The summed E-state index contributed by atoms with van der Waals surface area (Å²) in [5.41, 5.74) is 0. The molecular formula is C9H18N2O2S. The minimum Gasteiger partial charge on any atom is -0.302 e. The van der Waals surface area contributed by atoms with Gasteiger partial charge >= 0.3 is 0 Å². The van der Waals surface area contributed by atoms with Gasteiger partial charge in [-0.2, -0.15) is 0 Å². The summed E-state index contributed by atoms with van der Waals surface area (Å²) in [7, 11) is -3.00. The maximum absolute atomic E-state index is 11.5. The maximum Gasteiger partial charge on any atom is 0.212 e. The first-order valence-electron chi connectivity index (χ1n) is 5.35. The number of likely N-dealkylation sites (tertiary alicyclic amines) is 1. The van der Waals surface area contributed by atoms with E-state index in [0.29, 0.717) is 19.0 Å². The molecule has 1 aliphatic carbocycles. The van der Waals surface area contributed by atoms with Crippen molar-refractivity contribution in [2.75, 3.05) is 31.9 Å². The molecule has 1 saturated heterocycles. The molecule has 1 saturated carbocycles. The first kappa shape index (κ1) is 10.4. The lowest BCUT2D eigenvalue weighted by Gasteiger charge is -2.30. The fourth-order valence-corrected chi connectivity index (χ4v) is 2.63. The van der Waals surface area contributed by atoms with Crippen molar-refractivity contribution in [3.63, 3.8) is 0 Å². The molecule has 1 heterocycles. The van der Waals surface area contributed by atoms with Crippen LogP contribution >= 0.6 is 0 Å². The summed E-state index contributed by atoms with van der Waals surface area (Å²) in [6.45, 7) is 3.48. The van der Waals surface area contributed by atoms with Crippen molar-refractivity contribution in [3.05, 3.63) is 0 Å². The molecule has 5 heteroatoms. The Morgan fingerprint density at radius 1 is 1.29 bits per heavy atom. The van der Waals surface area contributed by atoms with Gasteiger partial charge in [0.15, 0.2) is 0 Å². The monoisotopic (exact) mass is 218 g/mol. The molecule has 0 aromatic heterocycles. The van der Waals surface area contributed by atoms with Crippen LogP contribution in [0.1, 0.15) is 19.3 Å². The first-order valence-corrected chi connectivity index (χ1v) is 7.01. The molecule has 1 N–H and O–H groups in total. The van der Waals surface area contributed by atoms with E-state index in [1.54, 1.807) is 0 Å². The Bertz CT molecular complexity index is 281.